The van der Waals surface area contributed by atoms with E-state index in [0.29, 0.717) is 0 Å². The minimum Gasteiger partial charge on any atom is -0.493 e. The molecular weight excluding hydrogens is 354 g/mol. The lowest BCUT2D eigenvalue weighted by molar-refractivity contribution is 0.354. The van der Waals surface area contributed by atoms with Crippen molar-refractivity contribution in [2.75, 3.05) is 21.3 Å². The van der Waals surface area contributed by atoms with Gasteiger partial charge in [-0.15, -0.1) is 0 Å². The van der Waals surface area contributed by atoms with E-state index in [1.807, 2.05) is 0 Å². The van der Waals surface area contributed by atoms with E-state index in [1.54, 1.807) is 14.2 Å². The summed E-state index contributed by atoms with van der Waals surface area (Å²) in [5.74, 6) is 1.58. The maximum Gasteiger partial charge on any atom is 0.161 e. The molecule has 0 atom stereocenters. The fourth-order valence-electron chi connectivity index (χ4n) is 3.71. The molecule has 118 valence electrons. The third-order valence-electron chi connectivity index (χ3n) is 4.70. The van der Waals surface area contributed by atoms with Crippen LogP contribution in [0.15, 0.2) is 34.8 Å². The highest BCUT2D eigenvalue weighted by atomic mass is 79.9. The van der Waals surface area contributed by atoms with Gasteiger partial charge in [0.2, 0.25) is 0 Å². The van der Waals surface area contributed by atoms with E-state index in [9.17, 15) is 0 Å². The van der Waals surface area contributed by atoms with E-state index in [2.05, 4.69) is 58.2 Å². The highest BCUT2D eigenvalue weighted by Crippen LogP contribution is 2.47. The van der Waals surface area contributed by atoms with Crippen molar-refractivity contribution >= 4 is 27.2 Å². The van der Waals surface area contributed by atoms with Gasteiger partial charge in [0, 0.05) is 35.7 Å². The van der Waals surface area contributed by atoms with Crippen molar-refractivity contribution in [1.82, 2.24) is 4.90 Å². The molecule has 2 aliphatic rings. The first-order chi connectivity index (χ1) is 11.1. The van der Waals surface area contributed by atoms with Crippen molar-refractivity contribution in [3.8, 4) is 11.5 Å². The molecule has 0 aromatic heterocycles. The maximum absolute atomic E-state index is 5.49. The molecule has 1 aliphatic carbocycles. The van der Waals surface area contributed by atoms with Crippen LogP contribution < -0.4 is 9.47 Å². The van der Waals surface area contributed by atoms with E-state index >= 15 is 0 Å². The summed E-state index contributed by atoms with van der Waals surface area (Å²) in [5.41, 5.74) is 7.99. The minimum absolute atomic E-state index is 0.787. The standard InChI is InChI=1S/C19H18BrNO2/c1-21-10-12-6-13(20)4-5-14(12)16-7-11-8-17(22-2)18(23-3)9-15(11)19(16)21/h4-6,8-9H,7,10H2,1-3H3. The van der Waals surface area contributed by atoms with Crippen molar-refractivity contribution in [2.24, 2.45) is 0 Å². The highest BCUT2D eigenvalue weighted by molar-refractivity contribution is 9.10. The summed E-state index contributed by atoms with van der Waals surface area (Å²) < 4.78 is 12.1. The number of fused-ring (bicyclic) bond motifs is 4. The molecule has 0 saturated carbocycles. The number of benzene rings is 2. The Bertz CT molecular complexity index is 842. The number of rotatable bonds is 2. The zero-order valence-corrected chi connectivity index (χ0v) is 15.0. The SMILES string of the molecule is COc1cc2c(cc1OC)C1=C(C2)c2ccc(Br)cc2CN1C. The lowest BCUT2D eigenvalue weighted by atomic mass is 9.94. The fraction of sp³-hybridized carbons (Fsp3) is 0.263. The number of ether oxygens (including phenoxy) is 2. The van der Waals surface area contributed by atoms with Crippen LogP contribution >= 0.6 is 15.9 Å². The molecular formula is C19H18BrNO2. The second kappa shape index (κ2) is 5.31. The molecule has 0 radical (unpaired) electrons. The summed E-state index contributed by atoms with van der Waals surface area (Å²) in [6, 6.07) is 10.8. The first kappa shape index (κ1) is 14.6. The molecule has 0 saturated heterocycles. The molecule has 0 N–H and O–H groups in total. The van der Waals surface area contributed by atoms with E-state index < -0.39 is 0 Å². The van der Waals surface area contributed by atoms with Gasteiger partial charge in [-0.05, 0) is 46.5 Å². The van der Waals surface area contributed by atoms with Crippen LogP contribution in [-0.2, 0) is 13.0 Å². The largest absolute Gasteiger partial charge is 0.493 e. The molecule has 0 bridgehead atoms. The molecule has 23 heavy (non-hydrogen) atoms. The lowest BCUT2D eigenvalue weighted by Crippen LogP contribution is -2.21. The van der Waals surface area contributed by atoms with Gasteiger partial charge in [0.05, 0.1) is 14.2 Å². The molecule has 0 fully saturated rings. The van der Waals surface area contributed by atoms with E-state index in [0.717, 1.165) is 28.9 Å². The summed E-state index contributed by atoms with van der Waals surface area (Å²) in [6.07, 6.45) is 0.935. The Kier molecular flexibility index (Phi) is 3.38. The molecule has 0 spiro atoms. The summed E-state index contributed by atoms with van der Waals surface area (Å²) in [4.78, 5) is 2.34. The van der Waals surface area contributed by atoms with Crippen molar-refractivity contribution < 1.29 is 9.47 Å². The number of hydrogen-bond acceptors (Lipinski definition) is 3. The third kappa shape index (κ3) is 2.16. The number of halogens is 1. The van der Waals surface area contributed by atoms with Crippen LogP contribution in [0.3, 0.4) is 0 Å². The molecule has 4 rings (SSSR count). The molecule has 1 aliphatic heterocycles. The van der Waals surface area contributed by atoms with Gasteiger partial charge >= 0.3 is 0 Å². The van der Waals surface area contributed by atoms with Gasteiger partial charge < -0.3 is 14.4 Å². The predicted octanol–water partition coefficient (Wildman–Crippen LogP) is 4.34. The first-order valence-corrected chi connectivity index (χ1v) is 8.40. The summed E-state index contributed by atoms with van der Waals surface area (Å²) >= 11 is 3.58. The molecule has 1 heterocycles. The quantitative estimate of drug-likeness (QED) is 0.783. The van der Waals surface area contributed by atoms with Gasteiger partial charge in [0.1, 0.15) is 0 Å². The zero-order valence-electron chi connectivity index (χ0n) is 13.4. The number of methoxy groups -OCH3 is 2. The molecule has 0 unspecified atom stereocenters. The topological polar surface area (TPSA) is 21.7 Å². The van der Waals surface area contributed by atoms with Crippen molar-refractivity contribution in [3.63, 3.8) is 0 Å². The number of allylic oxidation sites excluding steroid dienone is 1. The third-order valence-corrected chi connectivity index (χ3v) is 5.19. The van der Waals surface area contributed by atoms with Gasteiger partial charge in [-0.2, -0.15) is 0 Å². The summed E-state index contributed by atoms with van der Waals surface area (Å²) in [6.45, 7) is 0.918. The fourth-order valence-corrected chi connectivity index (χ4v) is 4.11. The molecule has 2 aromatic carbocycles. The Hall–Kier alpha value is -1.94. The van der Waals surface area contributed by atoms with Crippen LogP contribution in [0.5, 0.6) is 11.5 Å². The summed E-state index contributed by atoms with van der Waals surface area (Å²) in [5, 5.41) is 0. The van der Waals surface area contributed by atoms with Crippen molar-refractivity contribution in [2.45, 2.75) is 13.0 Å². The smallest absolute Gasteiger partial charge is 0.161 e. The van der Waals surface area contributed by atoms with Crippen molar-refractivity contribution in [3.05, 3.63) is 57.1 Å². The van der Waals surface area contributed by atoms with Gasteiger partial charge in [-0.1, -0.05) is 22.0 Å². The lowest BCUT2D eigenvalue weighted by Gasteiger charge is -2.30. The molecule has 2 aromatic rings. The van der Waals surface area contributed by atoms with E-state index in [4.69, 9.17) is 9.47 Å². The minimum atomic E-state index is 0.787. The van der Waals surface area contributed by atoms with Gasteiger partial charge in [0.15, 0.2) is 11.5 Å². The molecule has 4 heteroatoms. The maximum atomic E-state index is 5.49. The van der Waals surface area contributed by atoms with Crippen LogP contribution in [0.25, 0.3) is 11.3 Å². The predicted molar refractivity (Wildman–Crippen MR) is 95.7 cm³/mol. The Balaban J connectivity index is 1.90. The van der Waals surface area contributed by atoms with Crippen molar-refractivity contribution in [1.29, 1.82) is 0 Å². The average molecular weight is 372 g/mol. The van der Waals surface area contributed by atoms with Gasteiger partial charge in [-0.3, -0.25) is 0 Å². The highest BCUT2D eigenvalue weighted by Gasteiger charge is 2.31. The van der Waals surface area contributed by atoms with Crippen LogP contribution in [-0.4, -0.2) is 26.2 Å². The van der Waals surface area contributed by atoms with E-state index in [-0.39, 0.29) is 0 Å². The number of nitrogens with zero attached hydrogens (tertiary/aromatic N) is 1. The molecule has 0 amide bonds. The Morgan fingerprint density at radius 2 is 1.70 bits per heavy atom. The van der Waals surface area contributed by atoms with Crippen LogP contribution in [0.1, 0.15) is 22.3 Å². The van der Waals surface area contributed by atoms with Gasteiger partial charge in [0.25, 0.3) is 0 Å². The van der Waals surface area contributed by atoms with Crippen LogP contribution in [0.4, 0.5) is 0 Å². The normalized spacial score (nSPS) is 15.2. The van der Waals surface area contributed by atoms with E-state index in [1.165, 1.54) is 33.5 Å². The monoisotopic (exact) mass is 371 g/mol. The number of hydrogen-bond donors (Lipinski definition) is 0. The second-order valence-electron chi connectivity index (χ2n) is 6.03. The zero-order chi connectivity index (χ0) is 16.1. The van der Waals surface area contributed by atoms with Crippen LogP contribution in [0.2, 0.25) is 0 Å². The van der Waals surface area contributed by atoms with Crippen LogP contribution in [0, 0.1) is 0 Å². The molecule has 3 nitrogen and oxygen atoms in total. The second-order valence-corrected chi connectivity index (χ2v) is 6.94. The van der Waals surface area contributed by atoms with Gasteiger partial charge in [-0.25, -0.2) is 0 Å². The average Bonchev–Trinajstić information content (AvgIpc) is 2.92. The Morgan fingerprint density at radius 3 is 2.43 bits per heavy atom. The Labute approximate surface area is 144 Å². The first-order valence-electron chi connectivity index (χ1n) is 7.60. The summed E-state index contributed by atoms with van der Waals surface area (Å²) in [7, 11) is 5.53. The Morgan fingerprint density at radius 1 is 0.957 bits per heavy atom.